The number of rotatable bonds is 2. The molecule has 0 aromatic heterocycles. The first-order valence-electron chi connectivity index (χ1n) is 5.41. The summed E-state index contributed by atoms with van der Waals surface area (Å²) in [6, 6.07) is 2.38. The molecule has 1 aliphatic heterocycles. The third-order valence-corrected chi connectivity index (χ3v) is 3.54. The van der Waals surface area contributed by atoms with Crippen molar-refractivity contribution in [2.45, 2.75) is 26.2 Å². The smallest absolute Gasteiger partial charge is 0.0656 e. The summed E-state index contributed by atoms with van der Waals surface area (Å²) in [5, 5.41) is 8.75. The minimum Gasteiger partial charge on any atom is -0.303 e. The Labute approximate surface area is 80.5 Å². The van der Waals surface area contributed by atoms with Crippen molar-refractivity contribution < 1.29 is 0 Å². The SMILES string of the molecule is CC1CC1CN1CCC(C#N)CC1. The van der Waals surface area contributed by atoms with Gasteiger partial charge in [0.2, 0.25) is 0 Å². The summed E-state index contributed by atoms with van der Waals surface area (Å²) in [5.74, 6) is 2.28. The van der Waals surface area contributed by atoms with Crippen LogP contribution < -0.4 is 0 Å². The van der Waals surface area contributed by atoms with Gasteiger partial charge in [0.25, 0.3) is 0 Å². The minimum absolute atomic E-state index is 0.341. The van der Waals surface area contributed by atoms with Crippen LogP contribution in [0.4, 0.5) is 0 Å². The molecule has 72 valence electrons. The number of hydrogen-bond acceptors (Lipinski definition) is 2. The van der Waals surface area contributed by atoms with Crippen LogP contribution in [0.25, 0.3) is 0 Å². The molecule has 2 fully saturated rings. The predicted octanol–water partition coefficient (Wildman–Crippen LogP) is 1.88. The second-order valence-electron chi connectivity index (χ2n) is 4.68. The highest BCUT2D eigenvalue weighted by molar-refractivity contribution is 4.90. The van der Waals surface area contributed by atoms with E-state index < -0.39 is 0 Å². The molecular formula is C11H18N2. The van der Waals surface area contributed by atoms with Gasteiger partial charge in [-0.1, -0.05) is 6.92 Å². The number of hydrogen-bond donors (Lipinski definition) is 0. The zero-order valence-electron chi connectivity index (χ0n) is 8.37. The van der Waals surface area contributed by atoms with Crippen LogP contribution in [0.5, 0.6) is 0 Å². The van der Waals surface area contributed by atoms with Gasteiger partial charge in [-0.2, -0.15) is 5.26 Å². The van der Waals surface area contributed by atoms with Crippen molar-refractivity contribution in [2.24, 2.45) is 17.8 Å². The molecule has 0 radical (unpaired) electrons. The Morgan fingerprint density at radius 2 is 2.00 bits per heavy atom. The lowest BCUT2D eigenvalue weighted by Gasteiger charge is -2.28. The number of piperidine rings is 1. The van der Waals surface area contributed by atoms with Crippen LogP contribution in [-0.4, -0.2) is 24.5 Å². The molecule has 2 aliphatic rings. The topological polar surface area (TPSA) is 27.0 Å². The molecule has 0 aromatic carbocycles. The first-order chi connectivity index (χ1) is 6.29. The van der Waals surface area contributed by atoms with Gasteiger partial charge >= 0.3 is 0 Å². The summed E-state index contributed by atoms with van der Waals surface area (Å²) in [4.78, 5) is 2.54. The third-order valence-electron chi connectivity index (χ3n) is 3.54. The Morgan fingerprint density at radius 3 is 2.46 bits per heavy atom. The van der Waals surface area contributed by atoms with Crippen LogP contribution in [0.2, 0.25) is 0 Å². The molecule has 0 amide bonds. The molecule has 0 N–H and O–H groups in total. The van der Waals surface area contributed by atoms with E-state index in [1.807, 2.05) is 0 Å². The van der Waals surface area contributed by atoms with Gasteiger partial charge in [-0.3, -0.25) is 0 Å². The van der Waals surface area contributed by atoms with Gasteiger partial charge in [-0.15, -0.1) is 0 Å². The van der Waals surface area contributed by atoms with Gasteiger partial charge < -0.3 is 4.90 Å². The lowest BCUT2D eigenvalue weighted by Crippen LogP contribution is -2.34. The fourth-order valence-corrected chi connectivity index (χ4v) is 2.23. The largest absolute Gasteiger partial charge is 0.303 e. The van der Waals surface area contributed by atoms with Crippen molar-refractivity contribution in [3.63, 3.8) is 0 Å². The Hall–Kier alpha value is -0.550. The summed E-state index contributed by atoms with van der Waals surface area (Å²) in [6.07, 6.45) is 3.62. The molecular weight excluding hydrogens is 160 g/mol. The third kappa shape index (κ3) is 2.22. The molecule has 2 rings (SSSR count). The summed E-state index contributed by atoms with van der Waals surface area (Å²) >= 11 is 0. The highest BCUT2D eigenvalue weighted by atomic mass is 15.1. The first kappa shape index (κ1) is 9.02. The molecule has 2 unspecified atom stereocenters. The van der Waals surface area contributed by atoms with E-state index >= 15 is 0 Å². The second-order valence-corrected chi connectivity index (χ2v) is 4.68. The number of nitriles is 1. The normalized spacial score (nSPS) is 35.7. The molecule has 2 atom stereocenters. The molecule has 0 bridgehead atoms. The Morgan fingerprint density at radius 1 is 1.38 bits per heavy atom. The summed E-state index contributed by atoms with van der Waals surface area (Å²) in [7, 11) is 0. The van der Waals surface area contributed by atoms with E-state index in [-0.39, 0.29) is 0 Å². The average Bonchev–Trinajstić information content (AvgIpc) is 2.83. The standard InChI is InChI=1S/C11H18N2/c1-9-6-11(9)8-13-4-2-10(7-12)3-5-13/h9-11H,2-6,8H2,1H3. The van der Waals surface area contributed by atoms with Crippen molar-refractivity contribution in [1.29, 1.82) is 5.26 Å². The van der Waals surface area contributed by atoms with Crippen molar-refractivity contribution in [3.8, 4) is 6.07 Å². The quantitative estimate of drug-likeness (QED) is 0.645. The van der Waals surface area contributed by atoms with Gasteiger partial charge in [0.1, 0.15) is 0 Å². The molecule has 1 heterocycles. The van der Waals surface area contributed by atoms with Crippen LogP contribution in [0.3, 0.4) is 0 Å². The Bertz CT molecular complexity index is 211. The molecule has 1 aliphatic carbocycles. The van der Waals surface area contributed by atoms with Crippen molar-refractivity contribution in [2.75, 3.05) is 19.6 Å². The predicted molar refractivity (Wildman–Crippen MR) is 52.0 cm³/mol. The maximum Gasteiger partial charge on any atom is 0.0656 e. The molecule has 13 heavy (non-hydrogen) atoms. The molecule has 2 nitrogen and oxygen atoms in total. The van der Waals surface area contributed by atoms with E-state index in [1.54, 1.807) is 0 Å². The van der Waals surface area contributed by atoms with Crippen LogP contribution in [0.15, 0.2) is 0 Å². The van der Waals surface area contributed by atoms with Crippen molar-refractivity contribution in [3.05, 3.63) is 0 Å². The van der Waals surface area contributed by atoms with Crippen molar-refractivity contribution >= 4 is 0 Å². The van der Waals surface area contributed by atoms with Gasteiger partial charge in [0.05, 0.1) is 6.07 Å². The highest BCUT2D eigenvalue weighted by Gasteiger charge is 2.34. The first-order valence-corrected chi connectivity index (χ1v) is 5.41. The summed E-state index contributed by atoms with van der Waals surface area (Å²) in [6.45, 7) is 5.94. The Balaban J connectivity index is 1.70. The van der Waals surface area contributed by atoms with E-state index in [0.29, 0.717) is 5.92 Å². The lowest BCUT2D eigenvalue weighted by molar-refractivity contribution is 0.196. The number of likely N-dealkylation sites (tertiary alicyclic amines) is 1. The fraction of sp³-hybridized carbons (Fsp3) is 0.909. The second kappa shape index (κ2) is 3.67. The maximum atomic E-state index is 8.75. The summed E-state index contributed by atoms with van der Waals surface area (Å²) in [5.41, 5.74) is 0. The molecule has 1 saturated heterocycles. The van der Waals surface area contributed by atoms with Crippen LogP contribution in [0, 0.1) is 29.1 Å². The summed E-state index contributed by atoms with van der Waals surface area (Å²) < 4.78 is 0. The van der Waals surface area contributed by atoms with E-state index in [2.05, 4.69) is 17.9 Å². The van der Waals surface area contributed by atoms with E-state index in [9.17, 15) is 0 Å². The van der Waals surface area contributed by atoms with Crippen LogP contribution in [0.1, 0.15) is 26.2 Å². The molecule has 1 saturated carbocycles. The highest BCUT2D eigenvalue weighted by Crippen LogP contribution is 2.38. The molecule has 2 heteroatoms. The van der Waals surface area contributed by atoms with E-state index in [0.717, 1.165) is 37.8 Å². The Kier molecular flexibility index (Phi) is 2.55. The van der Waals surface area contributed by atoms with Crippen LogP contribution >= 0.6 is 0 Å². The van der Waals surface area contributed by atoms with Gasteiger partial charge in [0.15, 0.2) is 0 Å². The monoisotopic (exact) mass is 178 g/mol. The molecule has 0 spiro atoms. The average molecular weight is 178 g/mol. The fourth-order valence-electron chi connectivity index (χ4n) is 2.23. The number of nitrogens with zero attached hydrogens (tertiary/aromatic N) is 2. The van der Waals surface area contributed by atoms with Gasteiger partial charge in [0, 0.05) is 12.5 Å². The molecule has 0 aromatic rings. The van der Waals surface area contributed by atoms with Crippen LogP contribution in [-0.2, 0) is 0 Å². The maximum absolute atomic E-state index is 8.75. The van der Waals surface area contributed by atoms with E-state index in [1.165, 1.54) is 13.0 Å². The lowest BCUT2D eigenvalue weighted by atomic mass is 9.98. The van der Waals surface area contributed by atoms with Crippen molar-refractivity contribution in [1.82, 2.24) is 4.90 Å². The minimum atomic E-state index is 0.341. The zero-order valence-corrected chi connectivity index (χ0v) is 8.37. The van der Waals surface area contributed by atoms with Gasteiger partial charge in [-0.05, 0) is 44.2 Å². The van der Waals surface area contributed by atoms with Gasteiger partial charge in [-0.25, -0.2) is 0 Å². The van der Waals surface area contributed by atoms with E-state index in [4.69, 9.17) is 5.26 Å². The zero-order chi connectivity index (χ0) is 9.26.